The Labute approximate surface area is 135 Å². The number of nitrogens with one attached hydrogen (secondary N) is 1. The van der Waals surface area contributed by atoms with Crippen molar-refractivity contribution in [3.63, 3.8) is 0 Å². The minimum Gasteiger partial charge on any atom is -0.378 e. The van der Waals surface area contributed by atoms with Gasteiger partial charge in [-0.2, -0.15) is 0 Å². The van der Waals surface area contributed by atoms with E-state index in [0.29, 0.717) is 12.1 Å². The van der Waals surface area contributed by atoms with Crippen LogP contribution in [0.5, 0.6) is 0 Å². The molecular formula is C17H21N3OS. The summed E-state index contributed by atoms with van der Waals surface area (Å²) in [7, 11) is 4.04. The normalized spacial score (nSPS) is 10.3. The van der Waals surface area contributed by atoms with Crippen LogP contribution >= 0.6 is 11.8 Å². The largest absolute Gasteiger partial charge is 0.378 e. The molecule has 22 heavy (non-hydrogen) atoms. The van der Waals surface area contributed by atoms with Gasteiger partial charge < -0.3 is 10.2 Å². The fourth-order valence-electron chi connectivity index (χ4n) is 2.10. The molecule has 2 aromatic rings. The second-order valence-electron chi connectivity index (χ2n) is 5.13. The highest BCUT2D eigenvalue weighted by Gasteiger charge is 2.10. The fraction of sp³-hybridized carbons (Fsp3) is 0.294. The molecule has 0 fully saturated rings. The highest BCUT2D eigenvalue weighted by Crippen LogP contribution is 2.16. The van der Waals surface area contributed by atoms with Gasteiger partial charge in [-0.1, -0.05) is 12.1 Å². The van der Waals surface area contributed by atoms with Crippen LogP contribution in [0.1, 0.15) is 15.9 Å². The molecule has 116 valence electrons. The lowest BCUT2D eigenvalue weighted by atomic mass is 10.1. The molecule has 0 saturated carbocycles. The molecular weight excluding hydrogens is 294 g/mol. The third kappa shape index (κ3) is 4.24. The predicted octanol–water partition coefficient (Wildman–Crippen LogP) is 2.84. The van der Waals surface area contributed by atoms with Gasteiger partial charge in [0.25, 0.3) is 5.91 Å². The Hall–Kier alpha value is -2.01. The van der Waals surface area contributed by atoms with Gasteiger partial charge in [-0.15, -0.1) is 11.8 Å². The number of carbonyl (C=O) groups excluding carboxylic acids is 1. The Morgan fingerprint density at radius 1 is 1.23 bits per heavy atom. The summed E-state index contributed by atoms with van der Waals surface area (Å²) >= 11 is 1.48. The summed E-state index contributed by atoms with van der Waals surface area (Å²) in [5.74, 6) is -0.0673. The van der Waals surface area contributed by atoms with Crippen LogP contribution in [0, 0.1) is 0 Å². The number of hydrogen-bond donors (Lipinski definition) is 1. The van der Waals surface area contributed by atoms with Crippen molar-refractivity contribution in [3.05, 3.63) is 53.7 Å². The minimum absolute atomic E-state index is 0.0673. The molecule has 0 aliphatic carbocycles. The van der Waals surface area contributed by atoms with E-state index in [-0.39, 0.29) is 5.91 Å². The Balaban J connectivity index is 1.89. The molecule has 1 N–H and O–H groups in total. The molecule has 0 unspecified atom stereocenters. The minimum atomic E-state index is -0.0673. The number of nitrogens with zero attached hydrogens (tertiary/aromatic N) is 2. The van der Waals surface area contributed by atoms with Gasteiger partial charge in [0.15, 0.2) is 0 Å². The summed E-state index contributed by atoms with van der Waals surface area (Å²) in [5.41, 5.74) is 3.02. The molecule has 5 heteroatoms. The van der Waals surface area contributed by atoms with Crippen molar-refractivity contribution in [2.45, 2.75) is 11.4 Å². The first-order chi connectivity index (χ1) is 10.6. The van der Waals surface area contributed by atoms with Gasteiger partial charge in [0.2, 0.25) is 0 Å². The molecule has 0 bridgehead atoms. The lowest BCUT2D eigenvalue weighted by Gasteiger charge is -2.13. The molecule has 1 aromatic heterocycles. The third-order valence-electron chi connectivity index (χ3n) is 3.36. The van der Waals surface area contributed by atoms with E-state index in [1.54, 1.807) is 18.3 Å². The van der Waals surface area contributed by atoms with Crippen molar-refractivity contribution in [2.75, 3.05) is 31.8 Å². The van der Waals surface area contributed by atoms with Crippen LogP contribution in [0.15, 0.2) is 47.6 Å². The van der Waals surface area contributed by atoms with Gasteiger partial charge in [-0.3, -0.25) is 4.79 Å². The quantitative estimate of drug-likeness (QED) is 0.833. The number of anilines is 1. The van der Waals surface area contributed by atoms with Crippen molar-refractivity contribution in [2.24, 2.45) is 0 Å². The number of benzene rings is 1. The topological polar surface area (TPSA) is 45.2 Å². The van der Waals surface area contributed by atoms with Gasteiger partial charge >= 0.3 is 0 Å². The van der Waals surface area contributed by atoms with E-state index in [1.807, 2.05) is 20.4 Å². The van der Waals surface area contributed by atoms with E-state index in [9.17, 15) is 4.79 Å². The Bertz CT molecular complexity index is 626. The standard InChI is InChI=1S/C17H21N3OS/c1-20(2)14-8-6-13(7-9-14)10-12-18-16(21)15-5-4-11-19-17(15)22-3/h4-9,11H,10,12H2,1-3H3,(H,18,21). The van der Waals surface area contributed by atoms with Crippen molar-refractivity contribution in [1.29, 1.82) is 0 Å². The third-order valence-corrected chi connectivity index (χ3v) is 4.07. The smallest absolute Gasteiger partial charge is 0.254 e. The molecule has 4 nitrogen and oxygen atoms in total. The van der Waals surface area contributed by atoms with Gasteiger partial charge in [0, 0.05) is 32.5 Å². The molecule has 0 spiro atoms. The Morgan fingerprint density at radius 3 is 2.59 bits per heavy atom. The molecule has 1 amide bonds. The zero-order valence-corrected chi connectivity index (χ0v) is 14.0. The average molecular weight is 315 g/mol. The first-order valence-electron chi connectivity index (χ1n) is 7.15. The first kappa shape index (κ1) is 16.4. The van der Waals surface area contributed by atoms with Gasteiger partial charge in [0.05, 0.1) is 5.56 Å². The predicted molar refractivity (Wildman–Crippen MR) is 92.8 cm³/mol. The molecule has 1 heterocycles. The lowest BCUT2D eigenvalue weighted by molar-refractivity contribution is 0.0950. The number of aromatic nitrogens is 1. The Morgan fingerprint density at radius 2 is 1.95 bits per heavy atom. The number of carbonyl (C=O) groups is 1. The van der Waals surface area contributed by atoms with Crippen molar-refractivity contribution in [1.82, 2.24) is 10.3 Å². The molecule has 0 saturated heterocycles. The van der Waals surface area contributed by atoms with E-state index in [0.717, 1.165) is 11.4 Å². The second-order valence-corrected chi connectivity index (χ2v) is 5.92. The van der Waals surface area contributed by atoms with Gasteiger partial charge in [0.1, 0.15) is 5.03 Å². The van der Waals surface area contributed by atoms with Gasteiger partial charge in [-0.25, -0.2) is 4.98 Å². The van der Waals surface area contributed by atoms with Crippen LogP contribution in [0.25, 0.3) is 0 Å². The summed E-state index contributed by atoms with van der Waals surface area (Å²) in [6, 6.07) is 12.0. The van der Waals surface area contributed by atoms with Crippen LogP contribution in [-0.4, -0.2) is 37.8 Å². The van der Waals surface area contributed by atoms with Crippen LogP contribution in [0.4, 0.5) is 5.69 Å². The molecule has 2 rings (SSSR count). The van der Waals surface area contributed by atoms with E-state index < -0.39 is 0 Å². The number of thioether (sulfide) groups is 1. The summed E-state index contributed by atoms with van der Waals surface area (Å²) in [5, 5.41) is 3.72. The first-order valence-corrected chi connectivity index (χ1v) is 8.37. The number of rotatable bonds is 6. The summed E-state index contributed by atoms with van der Waals surface area (Å²) < 4.78 is 0. The molecule has 0 radical (unpaired) electrons. The SMILES string of the molecule is CSc1ncccc1C(=O)NCCc1ccc(N(C)C)cc1. The highest BCUT2D eigenvalue weighted by atomic mass is 32.2. The summed E-state index contributed by atoms with van der Waals surface area (Å²) in [4.78, 5) is 18.5. The lowest BCUT2D eigenvalue weighted by Crippen LogP contribution is -2.26. The van der Waals surface area contributed by atoms with E-state index in [4.69, 9.17) is 0 Å². The maximum Gasteiger partial charge on any atom is 0.254 e. The van der Waals surface area contributed by atoms with E-state index in [1.165, 1.54) is 23.0 Å². The van der Waals surface area contributed by atoms with E-state index >= 15 is 0 Å². The monoisotopic (exact) mass is 315 g/mol. The number of hydrogen-bond acceptors (Lipinski definition) is 4. The highest BCUT2D eigenvalue weighted by molar-refractivity contribution is 7.98. The zero-order valence-electron chi connectivity index (χ0n) is 13.2. The number of amides is 1. The van der Waals surface area contributed by atoms with Crippen LogP contribution in [0.2, 0.25) is 0 Å². The van der Waals surface area contributed by atoms with Gasteiger partial charge in [-0.05, 0) is 42.5 Å². The average Bonchev–Trinajstić information content (AvgIpc) is 2.55. The van der Waals surface area contributed by atoms with Crippen LogP contribution < -0.4 is 10.2 Å². The number of pyridine rings is 1. The van der Waals surface area contributed by atoms with Crippen LogP contribution in [0.3, 0.4) is 0 Å². The van der Waals surface area contributed by atoms with Crippen molar-refractivity contribution < 1.29 is 4.79 Å². The maximum absolute atomic E-state index is 12.2. The van der Waals surface area contributed by atoms with Crippen molar-refractivity contribution >= 4 is 23.4 Å². The van der Waals surface area contributed by atoms with Crippen LogP contribution in [-0.2, 0) is 6.42 Å². The Kier molecular flexibility index (Phi) is 5.83. The summed E-state index contributed by atoms with van der Waals surface area (Å²) in [6.07, 6.45) is 4.44. The second kappa shape index (κ2) is 7.84. The molecule has 1 aromatic carbocycles. The molecule has 0 aliphatic rings. The molecule has 0 aliphatic heterocycles. The van der Waals surface area contributed by atoms with E-state index in [2.05, 4.69) is 39.5 Å². The maximum atomic E-state index is 12.2. The molecule has 0 atom stereocenters. The zero-order chi connectivity index (χ0) is 15.9. The fourth-order valence-corrected chi connectivity index (χ4v) is 2.65. The van der Waals surface area contributed by atoms with Crippen molar-refractivity contribution in [3.8, 4) is 0 Å². The summed E-state index contributed by atoms with van der Waals surface area (Å²) in [6.45, 7) is 0.614.